The van der Waals surface area contributed by atoms with Gasteiger partial charge in [-0.15, -0.1) is 0 Å². The summed E-state index contributed by atoms with van der Waals surface area (Å²) in [5.41, 5.74) is 1.49. The van der Waals surface area contributed by atoms with Crippen LogP contribution in [-0.4, -0.2) is 12.5 Å². The molecule has 122 valence electrons. The summed E-state index contributed by atoms with van der Waals surface area (Å²) >= 11 is 4.37. The number of benzene rings is 2. The van der Waals surface area contributed by atoms with E-state index in [0.29, 0.717) is 12.3 Å². The minimum Gasteiger partial charge on any atom is -0.492 e. The first-order chi connectivity index (χ1) is 11.5. The first-order valence-electron chi connectivity index (χ1n) is 7.15. The lowest BCUT2D eigenvalue weighted by Crippen LogP contribution is -2.13. The third-order valence-corrected chi connectivity index (χ3v) is 4.62. The van der Waals surface area contributed by atoms with E-state index in [1.165, 1.54) is 0 Å². The summed E-state index contributed by atoms with van der Waals surface area (Å²) in [5.74, 6) is 0.394. The molecule has 2 aromatic rings. The molecule has 0 spiro atoms. The lowest BCUT2D eigenvalue weighted by molar-refractivity contribution is -0.112. The number of carbonyl (C=O) groups is 1. The van der Waals surface area contributed by atoms with Crippen molar-refractivity contribution >= 4 is 62.9 Å². The zero-order valence-corrected chi connectivity index (χ0v) is 17.2. The molecular weight excluding hydrogens is 530 g/mol. The lowest BCUT2D eigenvalue weighted by Gasteiger charge is -2.10. The van der Waals surface area contributed by atoms with Gasteiger partial charge in [0.1, 0.15) is 17.4 Å². The van der Waals surface area contributed by atoms with Crippen molar-refractivity contribution in [2.45, 2.75) is 6.92 Å². The van der Waals surface area contributed by atoms with Crippen LogP contribution in [0.15, 0.2) is 48.0 Å². The standard InChI is InChI=1S/C18H14I2N2O2/c1-2-24-17-15(19)9-12(10-16(17)20)8-13(11-21)18(23)22-14-6-4-3-5-7-14/h3-10H,2H2,1H3,(H,22,23)/b13-8-. The smallest absolute Gasteiger partial charge is 0.266 e. The van der Waals surface area contributed by atoms with Gasteiger partial charge in [-0.1, -0.05) is 18.2 Å². The maximum absolute atomic E-state index is 12.3. The molecule has 0 saturated heterocycles. The molecule has 0 aliphatic heterocycles. The number of rotatable bonds is 5. The van der Waals surface area contributed by atoms with Crippen molar-refractivity contribution in [1.29, 1.82) is 5.26 Å². The number of amides is 1. The van der Waals surface area contributed by atoms with Crippen molar-refractivity contribution in [3.63, 3.8) is 0 Å². The highest BCUT2D eigenvalue weighted by atomic mass is 127. The predicted molar refractivity (Wildman–Crippen MR) is 112 cm³/mol. The molecule has 0 saturated carbocycles. The van der Waals surface area contributed by atoms with E-state index in [1.807, 2.05) is 43.3 Å². The van der Waals surface area contributed by atoms with Crippen molar-refractivity contribution < 1.29 is 9.53 Å². The summed E-state index contributed by atoms with van der Waals surface area (Å²) < 4.78 is 7.48. The normalized spacial score (nSPS) is 10.8. The molecule has 6 heteroatoms. The Morgan fingerprint density at radius 1 is 1.25 bits per heavy atom. The van der Waals surface area contributed by atoms with Gasteiger partial charge >= 0.3 is 0 Å². The highest BCUT2D eigenvalue weighted by Crippen LogP contribution is 2.29. The molecule has 24 heavy (non-hydrogen) atoms. The molecular formula is C18H14I2N2O2. The Hall–Kier alpha value is -1.60. The van der Waals surface area contributed by atoms with Gasteiger partial charge in [0.05, 0.1) is 13.7 Å². The number of hydrogen-bond donors (Lipinski definition) is 1. The number of anilines is 1. The summed E-state index contributed by atoms with van der Waals surface area (Å²) in [7, 11) is 0. The summed E-state index contributed by atoms with van der Waals surface area (Å²) in [6.07, 6.45) is 1.58. The van der Waals surface area contributed by atoms with E-state index >= 15 is 0 Å². The monoisotopic (exact) mass is 544 g/mol. The van der Waals surface area contributed by atoms with Gasteiger partial charge in [-0.25, -0.2) is 0 Å². The van der Waals surface area contributed by atoms with Crippen molar-refractivity contribution in [2.75, 3.05) is 11.9 Å². The number of para-hydroxylation sites is 1. The minimum absolute atomic E-state index is 0.0506. The van der Waals surface area contributed by atoms with Gasteiger partial charge < -0.3 is 10.1 Å². The van der Waals surface area contributed by atoms with Crippen LogP contribution in [0.2, 0.25) is 0 Å². The maximum Gasteiger partial charge on any atom is 0.266 e. The first-order valence-corrected chi connectivity index (χ1v) is 9.31. The van der Waals surface area contributed by atoms with Crippen LogP contribution in [0.25, 0.3) is 6.08 Å². The second kappa shape index (κ2) is 9.03. The molecule has 0 unspecified atom stereocenters. The summed E-state index contributed by atoms with van der Waals surface area (Å²) in [6.45, 7) is 2.52. The molecule has 2 rings (SSSR count). The zero-order valence-electron chi connectivity index (χ0n) is 12.8. The number of carbonyl (C=O) groups excluding carboxylic acids is 1. The Bertz CT molecular complexity index is 789. The van der Waals surface area contributed by atoms with Crippen LogP contribution in [0.4, 0.5) is 5.69 Å². The summed E-state index contributed by atoms with van der Waals surface area (Å²) in [4.78, 5) is 12.3. The molecule has 0 aromatic heterocycles. The van der Waals surface area contributed by atoms with E-state index < -0.39 is 5.91 Å². The summed E-state index contributed by atoms with van der Waals surface area (Å²) in [5, 5.41) is 12.0. The third kappa shape index (κ3) is 4.95. The van der Waals surface area contributed by atoms with Gasteiger partial charge in [0.2, 0.25) is 0 Å². The van der Waals surface area contributed by atoms with Gasteiger partial charge in [0.15, 0.2) is 0 Å². The van der Waals surface area contributed by atoms with E-state index in [0.717, 1.165) is 18.5 Å². The second-order valence-electron chi connectivity index (χ2n) is 4.74. The number of halogens is 2. The Kier molecular flexibility index (Phi) is 7.05. The van der Waals surface area contributed by atoms with E-state index in [4.69, 9.17) is 4.74 Å². The number of hydrogen-bond acceptors (Lipinski definition) is 3. The Labute approximate surface area is 168 Å². The molecule has 4 nitrogen and oxygen atoms in total. The maximum atomic E-state index is 12.3. The molecule has 0 bridgehead atoms. The van der Waals surface area contributed by atoms with Crippen LogP contribution in [0, 0.1) is 18.5 Å². The molecule has 0 heterocycles. The van der Waals surface area contributed by atoms with E-state index in [9.17, 15) is 10.1 Å². The highest BCUT2D eigenvalue weighted by Gasteiger charge is 2.12. The molecule has 2 aromatic carbocycles. The van der Waals surface area contributed by atoms with Gasteiger partial charge in [-0.3, -0.25) is 4.79 Å². The second-order valence-corrected chi connectivity index (χ2v) is 7.06. The van der Waals surface area contributed by atoms with E-state index in [1.54, 1.807) is 18.2 Å². The van der Waals surface area contributed by atoms with Crippen molar-refractivity contribution in [3.8, 4) is 11.8 Å². The van der Waals surface area contributed by atoms with Crippen LogP contribution in [0.3, 0.4) is 0 Å². The largest absolute Gasteiger partial charge is 0.492 e. The van der Waals surface area contributed by atoms with Crippen LogP contribution >= 0.6 is 45.2 Å². The quantitative estimate of drug-likeness (QED) is 0.333. The highest BCUT2D eigenvalue weighted by molar-refractivity contribution is 14.1. The van der Waals surface area contributed by atoms with Crippen molar-refractivity contribution in [3.05, 3.63) is 60.7 Å². The Morgan fingerprint density at radius 2 is 1.88 bits per heavy atom. The number of nitrogens with one attached hydrogen (secondary N) is 1. The molecule has 1 amide bonds. The SMILES string of the molecule is CCOc1c(I)cc(/C=C(/C#N)C(=O)Nc2ccccc2)cc1I. The van der Waals surface area contributed by atoms with Crippen LogP contribution < -0.4 is 10.1 Å². The zero-order chi connectivity index (χ0) is 17.5. The first kappa shape index (κ1) is 18.7. The van der Waals surface area contributed by atoms with Crippen LogP contribution in [-0.2, 0) is 4.79 Å². The van der Waals surface area contributed by atoms with Gasteiger partial charge in [-0.2, -0.15) is 5.26 Å². The van der Waals surface area contributed by atoms with Gasteiger partial charge in [-0.05, 0) is 88.0 Å². The average molecular weight is 544 g/mol. The van der Waals surface area contributed by atoms with Gasteiger partial charge in [0, 0.05) is 5.69 Å². The topological polar surface area (TPSA) is 62.1 Å². The van der Waals surface area contributed by atoms with Crippen LogP contribution in [0.1, 0.15) is 12.5 Å². The fraction of sp³-hybridized carbons (Fsp3) is 0.111. The number of nitriles is 1. The fourth-order valence-electron chi connectivity index (χ4n) is 1.98. The van der Waals surface area contributed by atoms with E-state index in [2.05, 4.69) is 50.5 Å². The minimum atomic E-state index is -0.428. The van der Waals surface area contributed by atoms with Crippen LogP contribution in [0.5, 0.6) is 5.75 Å². The molecule has 0 aliphatic carbocycles. The Balaban J connectivity index is 2.27. The van der Waals surface area contributed by atoms with Crippen molar-refractivity contribution in [2.24, 2.45) is 0 Å². The molecule has 0 aliphatic rings. The number of nitrogens with zero attached hydrogens (tertiary/aromatic N) is 1. The third-order valence-electron chi connectivity index (χ3n) is 3.02. The Morgan fingerprint density at radius 3 is 2.42 bits per heavy atom. The molecule has 0 atom stereocenters. The fourth-order valence-corrected chi connectivity index (χ4v) is 4.11. The average Bonchev–Trinajstić information content (AvgIpc) is 2.56. The number of ether oxygens (including phenoxy) is 1. The molecule has 1 N–H and O–H groups in total. The van der Waals surface area contributed by atoms with Gasteiger partial charge in [0.25, 0.3) is 5.91 Å². The lowest BCUT2D eigenvalue weighted by atomic mass is 10.1. The van der Waals surface area contributed by atoms with Crippen molar-refractivity contribution in [1.82, 2.24) is 0 Å². The van der Waals surface area contributed by atoms with E-state index in [-0.39, 0.29) is 5.57 Å². The summed E-state index contributed by atoms with van der Waals surface area (Å²) in [6, 6.07) is 14.8. The predicted octanol–water partition coefficient (Wildman–Crippen LogP) is 4.84. The molecule has 0 fully saturated rings. The molecule has 0 radical (unpaired) electrons.